The number of benzene rings is 1. The second kappa shape index (κ2) is 14.6. The summed E-state index contributed by atoms with van der Waals surface area (Å²) in [5.41, 5.74) is 6.46. The van der Waals surface area contributed by atoms with E-state index in [0.29, 0.717) is 30.4 Å². The number of nitrogens with two attached hydrogens (primary N) is 1. The van der Waals surface area contributed by atoms with Crippen molar-refractivity contribution in [2.45, 2.75) is 62.0 Å². The van der Waals surface area contributed by atoms with E-state index >= 15 is 0 Å². The Morgan fingerprint density at radius 3 is 2.49 bits per heavy atom. The molecule has 1 aromatic rings. The van der Waals surface area contributed by atoms with E-state index in [2.05, 4.69) is 5.32 Å². The molecule has 212 valence electrons. The van der Waals surface area contributed by atoms with E-state index in [-0.39, 0.29) is 47.9 Å². The third kappa shape index (κ3) is 8.88. The smallest absolute Gasteiger partial charge is 0.327 e. The molecule has 5 N–H and O–H groups in total. The molecule has 1 aliphatic heterocycles. The fraction of sp³-hybridized carbons (Fsp3) is 0.500. The zero-order valence-electron chi connectivity index (χ0n) is 21.2. The normalized spacial score (nSPS) is 22.2. The van der Waals surface area contributed by atoms with E-state index < -0.39 is 36.0 Å². The summed E-state index contributed by atoms with van der Waals surface area (Å²) in [6.07, 6.45) is 3.78. The maximum absolute atomic E-state index is 14.4. The van der Waals surface area contributed by atoms with Gasteiger partial charge in [-0.25, -0.2) is 9.18 Å². The number of carbonyl (C=O) groups is 5. The van der Waals surface area contributed by atoms with Gasteiger partial charge in [0.2, 0.25) is 5.91 Å². The maximum atomic E-state index is 14.4. The third-order valence-electron chi connectivity index (χ3n) is 6.62. The van der Waals surface area contributed by atoms with Crippen molar-refractivity contribution in [3.05, 3.63) is 47.3 Å². The molecule has 1 aromatic carbocycles. The molecule has 39 heavy (non-hydrogen) atoms. The first-order chi connectivity index (χ1) is 18.6. The van der Waals surface area contributed by atoms with Gasteiger partial charge in [0.25, 0.3) is 0 Å². The number of aliphatic carboxylic acids is 2. The highest BCUT2D eigenvalue weighted by Crippen LogP contribution is 2.42. The number of rotatable bonds is 15. The van der Waals surface area contributed by atoms with Gasteiger partial charge in [-0.05, 0) is 43.4 Å². The monoisotopic (exact) mass is 581 g/mol. The first-order valence-corrected chi connectivity index (χ1v) is 15.0. The average Bonchev–Trinajstić information content (AvgIpc) is 3.74. The number of ketones is 1. The van der Waals surface area contributed by atoms with Crippen LogP contribution in [0.1, 0.15) is 37.7 Å². The quantitative estimate of drug-likeness (QED) is 0.136. The van der Waals surface area contributed by atoms with E-state index in [1.165, 1.54) is 33.7 Å². The zero-order valence-corrected chi connectivity index (χ0v) is 22.8. The van der Waals surface area contributed by atoms with Crippen LogP contribution in [0.15, 0.2) is 35.9 Å². The van der Waals surface area contributed by atoms with Crippen LogP contribution in [0.5, 0.6) is 0 Å². The number of hydrogen-bond acceptors (Lipinski definition) is 9. The van der Waals surface area contributed by atoms with Crippen molar-refractivity contribution in [3.63, 3.8) is 0 Å². The van der Waals surface area contributed by atoms with Crippen molar-refractivity contribution in [3.8, 4) is 0 Å². The van der Waals surface area contributed by atoms with Gasteiger partial charge in [0, 0.05) is 42.0 Å². The van der Waals surface area contributed by atoms with E-state index in [1.807, 2.05) is 4.90 Å². The molecule has 1 amide bonds. The number of piperidine rings is 1. The molecule has 2 aliphatic rings. The van der Waals surface area contributed by atoms with Crippen LogP contribution in [0, 0.1) is 11.7 Å². The lowest BCUT2D eigenvalue weighted by molar-refractivity contribution is -0.141. The van der Waals surface area contributed by atoms with Gasteiger partial charge >= 0.3 is 11.9 Å². The lowest BCUT2D eigenvalue weighted by atomic mass is 9.89. The molecule has 10 nitrogen and oxygen atoms in total. The largest absolute Gasteiger partial charge is 0.480 e. The molecule has 4 atom stereocenters. The number of halogens is 1. The zero-order chi connectivity index (χ0) is 28.5. The number of likely N-dealkylation sites (tertiary alicyclic amines) is 1. The van der Waals surface area contributed by atoms with Crippen molar-refractivity contribution in [2.75, 3.05) is 12.3 Å². The molecule has 2 fully saturated rings. The van der Waals surface area contributed by atoms with Gasteiger partial charge in [0.15, 0.2) is 5.78 Å². The Bertz CT molecular complexity index is 1110. The van der Waals surface area contributed by atoms with Gasteiger partial charge in [0.05, 0.1) is 6.04 Å². The highest BCUT2D eigenvalue weighted by molar-refractivity contribution is 8.77. The summed E-state index contributed by atoms with van der Waals surface area (Å²) in [7, 11) is 2.53. The summed E-state index contributed by atoms with van der Waals surface area (Å²) in [4.78, 5) is 61.5. The predicted molar refractivity (Wildman–Crippen MR) is 145 cm³/mol. The minimum Gasteiger partial charge on any atom is -0.480 e. The second-order valence-electron chi connectivity index (χ2n) is 9.54. The number of aldehydes is 1. The molecular formula is C26H32FN3O7S2. The number of carbonyl (C=O) groups excluding carboxylic acids is 3. The Morgan fingerprint density at radius 2 is 1.87 bits per heavy atom. The van der Waals surface area contributed by atoms with Crippen molar-refractivity contribution in [2.24, 2.45) is 11.7 Å². The molecule has 1 aliphatic carbocycles. The molecular weight excluding hydrogens is 549 g/mol. The topological polar surface area (TPSA) is 167 Å². The summed E-state index contributed by atoms with van der Waals surface area (Å²) in [5, 5.41) is 20.5. The molecule has 3 rings (SSSR count). The molecule has 0 bridgehead atoms. The number of nitrogens with zero attached hydrogens (tertiary/aromatic N) is 1. The number of carboxylic acids is 2. The first kappa shape index (κ1) is 30.8. The standard InChI is InChI=1S/C26H32FN3O7S2/c27-18-4-2-1-3-16(18)13-30-11-9-21(17(10-12-31)23(30)24(33)15-5-6-15)39-38-14-20(26(36)37)29-22(32)8-7-19(28)25(34)35/h1-4,10,12,15,19-21,23H,5-9,11,13-14,28H2,(H,29,32)(H,34,35)(H,36,37)/b17-10+. The minimum atomic E-state index is -1.25. The van der Waals surface area contributed by atoms with Crippen LogP contribution >= 0.6 is 21.6 Å². The molecule has 1 saturated heterocycles. The lowest BCUT2D eigenvalue weighted by Crippen LogP contribution is -2.50. The molecule has 4 unspecified atom stereocenters. The summed E-state index contributed by atoms with van der Waals surface area (Å²) < 4.78 is 14.4. The van der Waals surface area contributed by atoms with E-state index in [9.17, 15) is 33.5 Å². The summed E-state index contributed by atoms with van der Waals surface area (Å²) in [5.74, 6) is -3.57. The molecule has 0 spiro atoms. The van der Waals surface area contributed by atoms with Crippen LogP contribution in [-0.4, -0.2) is 80.7 Å². The van der Waals surface area contributed by atoms with Crippen LogP contribution in [-0.2, 0) is 30.5 Å². The van der Waals surface area contributed by atoms with E-state index in [1.54, 1.807) is 18.2 Å². The molecule has 0 radical (unpaired) electrons. The first-order valence-electron chi connectivity index (χ1n) is 12.6. The van der Waals surface area contributed by atoms with Gasteiger partial charge in [-0.1, -0.05) is 39.8 Å². The van der Waals surface area contributed by atoms with Gasteiger partial charge in [-0.2, -0.15) is 0 Å². The number of nitrogens with one attached hydrogen (secondary N) is 1. The SMILES string of the molecule is NC(CCC(=O)NC(CSSC1CCN(Cc2ccccc2F)C(C(=O)C2CC2)/C1=C/C=O)C(=O)O)C(=O)O. The maximum Gasteiger partial charge on any atom is 0.327 e. The lowest BCUT2D eigenvalue weighted by Gasteiger charge is -2.40. The highest BCUT2D eigenvalue weighted by Gasteiger charge is 2.43. The van der Waals surface area contributed by atoms with Gasteiger partial charge in [-0.15, -0.1) is 0 Å². The summed E-state index contributed by atoms with van der Waals surface area (Å²) >= 11 is 0. The number of amides is 1. The second-order valence-corrected chi connectivity index (χ2v) is 12.2. The molecule has 1 heterocycles. The molecule has 0 aromatic heterocycles. The summed E-state index contributed by atoms with van der Waals surface area (Å²) in [6, 6.07) is 3.25. The fourth-order valence-electron chi connectivity index (χ4n) is 4.34. The molecule has 13 heteroatoms. The average molecular weight is 582 g/mol. The highest BCUT2D eigenvalue weighted by atomic mass is 33.1. The Balaban J connectivity index is 1.65. The number of hydrogen-bond donors (Lipinski definition) is 4. The van der Waals surface area contributed by atoms with Crippen LogP contribution < -0.4 is 11.1 Å². The van der Waals surface area contributed by atoms with Crippen molar-refractivity contribution < 1.29 is 38.6 Å². The van der Waals surface area contributed by atoms with E-state index in [0.717, 1.165) is 12.8 Å². The Kier molecular flexibility index (Phi) is 11.5. The van der Waals surface area contributed by atoms with Crippen molar-refractivity contribution in [1.29, 1.82) is 0 Å². The van der Waals surface area contributed by atoms with Crippen molar-refractivity contribution >= 4 is 51.5 Å². The number of Topliss-reactive ketones (excluding diaryl/α,β-unsaturated/α-hetero) is 1. The fourth-order valence-corrected chi connectivity index (χ4v) is 7.22. The van der Waals surface area contributed by atoms with E-state index in [4.69, 9.17) is 10.8 Å². The van der Waals surface area contributed by atoms with Crippen LogP contribution in [0.25, 0.3) is 0 Å². The van der Waals surface area contributed by atoms with Gasteiger partial charge in [0.1, 0.15) is 24.2 Å². The molecule has 1 saturated carbocycles. The number of carboxylic acid groups (broad SMARTS) is 2. The number of allylic oxidation sites excluding steroid dienone is 1. The van der Waals surface area contributed by atoms with Crippen LogP contribution in [0.3, 0.4) is 0 Å². The minimum absolute atomic E-state index is 0.00176. The van der Waals surface area contributed by atoms with Crippen molar-refractivity contribution in [1.82, 2.24) is 10.2 Å². The summed E-state index contributed by atoms with van der Waals surface area (Å²) in [6.45, 7) is 0.698. The van der Waals surface area contributed by atoms with Crippen LogP contribution in [0.4, 0.5) is 4.39 Å². The Hall–Kier alpha value is -2.74. The van der Waals surface area contributed by atoms with Gasteiger partial charge < -0.3 is 21.3 Å². The Labute approximate surface area is 233 Å². The van der Waals surface area contributed by atoms with Crippen LogP contribution in [0.2, 0.25) is 0 Å². The predicted octanol–water partition coefficient (Wildman–Crippen LogP) is 2.02. The third-order valence-corrected chi connectivity index (χ3v) is 9.48. The Morgan fingerprint density at radius 1 is 1.15 bits per heavy atom. The van der Waals surface area contributed by atoms with Gasteiger partial charge in [-0.3, -0.25) is 24.1 Å².